The van der Waals surface area contributed by atoms with Crippen LogP contribution in [0.1, 0.15) is 30.1 Å². The molecular formula is C15H23N3O3S. The number of piperidine rings is 1. The number of carbonyl (C=O) groups is 1. The highest BCUT2D eigenvalue weighted by molar-refractivity contribution is 7.89. The van der Waals surface area contributed by atoms with E-state index < -0.39 is 10.0 Å². The highest BCUT2D eigenvalue weighted by atomic mass is 32.2. The van der Waals surface area contributed by atoms with Gasteiger partial charge in [0.1, 0.15) is 0 Å². The first kappa shape index (κ1) is 16.9. The number of sulfonamides is 1. The second kappa shape index (κ2) is 6.76. The number of benzene rings is 1. The van der Waals surface area contributed by atoms with Gasteiger partial charge >= 0.3 is 0 Å². The standard InChI is InChI=1S/C15H23N3O3S/c1-15(7-9-17-10-8-15)11-18-22(20,21)13-5-3-12(4-6-13)14(19)16-2/h3-6,17-18H,7-11H2,1-2H3,(H,16,19). The van der Waals surface area contributed by atoms with Gasteiger partial charge in [0.2, 0.25) is 10.0 Å². The van der Waals surface area contributed by atoms with Gasteiger partial charge in [-0.2, -0.15) is 0 Å². The Bertz CT molecular complexity index is 620. The van der Waals surface area contributed by atoms with Crippen LogP contribution in [0.5, 0.6) is 0 Å². The van der Waals surface area contributed by atoms with Gasteiger partial charge in [-0.1, -0.05) is 6.92 Å². The van der Waals surface area contributed by atoms with Gasteiger partial charge in [-0.15, -0.1) is 0 Å². The van der Waals surface area contributed by atoms with E-state index in [0.29, 0.717) is 12.1 Å². The van der Waals surface area contributed by atoms with E-state index in [1.807, 2.05) is 0 Å². The Kier molecular flexibility index (Phi) is 5.20. The lowest BCUT2D eigenvalue weighted by Crippen LogP contribution is -2.42. The van der Waals surface area contributed by atoms with E-state index in [-0.39, 0.29) is 16.2 Å². The fourth-order valence-electron chi connectivity index (χ4n) is 2.49. The van der Waals surface area contributed by atoms with Gasteiger partial charge in [0, 0.05) is 19.2 Å². The fourth-order valence-corrected chi connectivity index (χ4v) is 3.69. The van der Waals surface area contributed by atoms with E-state index >= 15 is 0 Å². The van der Waals surface area contributed by atoms with Crippen LogP contribution >= 0.6 is 0 Å². The van der Waals surface area contributed by atoms with E-state index in [1.54, 1.807) is 0 Å². The van der Waals surface area contributed by atoms with Gasteiger partial charge in [0.15, 0.2) is 0 Å². The van der Waals surface area contributed by atoms with Crippen molar-refractivity contribution in [2.45, 2.75) is 24.7 Å². The summed E-state index contributed by atoms with van der Waals surface area (Å²) in [5, 5.41) is 5.78. The van der Waals surface area contributed by atoms with Crippen LogP contribution < -0.4 is 15.4 Å². The molecule has 1 aromatic carbocycles. The van der Waals surface area contributed by atoms with Gasteiger partial charge in [0.05, 0.1) is 4.90 Å². The second-order valence-corrected chi connectivity index (χ2v) is 7.76. The zero-order valence-corrected chi connectivity index (χ0v) is 13.8. The number of hydrogen-bond donors (Lipinski definition) is 3. The molecule has 0 radical (unpaired) electrons. The number of carbonyl (C=O) groups excluding carboxylic acids is 1. The van der Waals surface area contributed by atoms with Gasteiger partial charge in [-0.3, -0.25) is 4.79 Å². The normalized spacial score (nSPS) is 17.9. The Morgan fingerprint density at radius 2 is 1.82 bits per heavy atom. The molecule has 3 N–H and O–H groups in total. The van der Waals surface area contributed by atoms with Crippen LogP contribution in [0.2, 0.25) is 0 Å². The molecule has 22 heavy (non-hydrogen) atoms. The molecule has 122 valence electrons. The average molecular weight is 325 g/mol. The topological polar surface area (TPSA) is 87.3 Å². The maximum atomic E-state index is 12.3. The molecule has 1 amide bonds. The number of nitrogens with one attached hydrogen (secondary N) is 3. The fraction of sp³-hybridized carbons (Fsp3) is 0.533. The Labute approximate surface area is 131 Å². The molecule has 0 atom stereocenters. The third-order valence-electron chi connectivity index (χ3n) is 4.15. The highest BCUT2D eigenvalue weighted by Crippen LogP contribution is 2.27. The molecule has 0 bridgehead atoms. The predicted octanol–water partition coefficient (Wildman–Crippen LogP) is 0.714. The Morgan fingerprint density at radius 1 is 1.23 bits per heavy atom. The Hall–Kier alpha value is -1.44. The first-order chi connectivity index (χ1) is 10.4. The predicted molar refractivity (Wildman–Crippen MR) is 85.2 cm³/mol. The first-order valence-corrected chi connectivity index (χ1v) is 8.87. The van der Waals surface area contributed by atoms with Crippen LogP contribution in [0.4, 0.5) is 0 Å². The summed E-state index contributed by atoms with van der Waals surface area (Å²) < 4.78 is 27.4. The number of hydrogen-bond acceptors (Lipinski definition) is 4. The molecule has 0 spiro atoms. The third-order valence-corrected chi connectivity index (χ3v) is 5.57. The summed E-state index contributed by atoms with van der Waals surface area (Å²) >= 11 is 0. The van der Waals surface area contributed by atoms with Crippen LogP contribution in [0, 0.1) is 5.41 Å². The van der Waals surface area contributed by atoms with Crippen LogP contribution in [0.3, 0.4) is 0 Å². The van der Waals surface area contributed by atoms with Crippen LogP contribution in [0.25, 0.3) is 0 Å². The largest absolute Gasteiger partial charge is 0.355 e. The van der Waals surface area contributed by atoms with Crippen LogP contribution in [-0.4, -0.2) is 41.0 Å². The van der Waals surface area contributed by atoms with Crippen molar-refractivity contribution < 1.29 is 13.2 Å². The minimum atomic E-state index is -3.55. The molecule has 1 aliphatic heterocycles. The van der Waals surface area contributed by atoms with Gasteiger partial charge < -0.3 is 10.6 Å². The molecule has 0 aliphatic carbocycles. The minimum Gasteiger partial charge on any atom is -0.355 e. The molecule has 1 fully saturated rings. The van der Waals surface area contributed by atoms with Gasteiger partial charge in [0.25, 0.3) is 5.91 Å². The summed E-state index contributed by atoms with van der Waals surface area (Å²) in [7, 11) is -2.01. The van der Waals surface area contributed by atoms with Crippen LogP contribution in [-0.2, 0) is 10.0 Å². The highest BCUT2D eigenvalue weighted by Gasteiger charge is 2.28. The van der Waals surface area contributed by atoms with E-state index in [0.717, 1.165) is 25.9 Å². The lowest BCUT2D eigenvalue weighted by Gasteiger charge is -2.34. The van der Waals surface area contributed by atoms with Crippen LogP contribution in [0.15, 0.2) is 29.2 Å². The average Bonchev–Trinajstić information content (AvgIpc) is 2.53. The zero-order valence-electron chi connectivity index (χ0n) is 13.0. The molecule has 6 nitrogen and oxygen atoms in total. The molecule has 1 aliphatic rings. The van der Waals surface area contributed by atoms with Crippen molar-refractivity contribution in [3.63, 3.8) is 0 Å². The summed E-state index contributed by atoms with van der Waals surface area (Å²) in [4.78, 5) is 11.6. The van der Waals surface area contributed by atoms with E-state index in [2.05, 4.69) is 22.3 Å². The second-order valence-electron chi connectivity index (χ2n) is 5.99. The molecule has 0 unspecified atom stereocenters. The zero-order chi connectivity index (χ0) is 16.2. The maximum absolute atomic E-state index is 12.3. The minimum absolute atomic E-state index is 0.0135. The summed E-state index contributed by atoms with van der Waals surface area (Å²) in [6.45, 7) is 4.36. The summed E-state index contributed by atoms with van der Waals surface area (Å²) in [5.41, 5.74) is 0.423. The number of rotatable bonds is 5. The molecule has 7 heteroatoms. The van der Waals surface area contributed by atoms with Crippen molar-refractivity contribution in [3.05, 3.63) is 29.8 Å². The molecule has 1 aromatic rings. The Morgan fingerprint density at radius 3 is 2.36 bits per heavy atom. The van der Waals surface area contributed by atoms with Crippen molar-refractivity contribution in [1.29, 1.82) is 0 Å². The molecule has 2 rings (SSSR count). The molecule has 0 saturated carbocycles. The SMILES string of the molecule is CNC(=O)c1ccc(S(=O)(=O)NCC2(C)CCNCC2)cc1. The van der Waals surface area contributed by atoms with Gasteiger partial charge in [-0.25, -0.2) is 13.1 Å². The monoisotopic (exact) mass is 325 g/mol. The maximum Gasteiger partial charge on any atom is 0.251 e. The summed E-state index contributed by atoms with van der Waals surface area (Å²) in [6, 6.07) is 5.94. The molecule has 1 heterocycles. The van der Waals surface area contributed by atoms with E-state index in [4.69, 9.17) is 0 Å². The smallest absolute Gasteiger partial charge is 0.251 e. The quantitative estimate of drug-likeness (QED) is 0.744. The molecule has 1 saturated heterocycles. The molecule has 0 aromatic heterocycles. The third kappa shape index (κ3) is 4.06. The van der Waals surface area contributed by atoms with Crippen molar-refractivity contribution >= 4 is 15.9 Å². The van der Waals surface area contributed by atoms with Crippen molar-refractivity contribution in [1.82, 2.24) is 15.4 Å². The Balaban J connectivity index is 2.05. The van der Waals surface area contributed by atoms with Gasteiger partial charge in [-0.05, 0) is 55.6 Å². The molecular weight excluding hydrogens is 302 g/mol. The van der Waals surface area contributed by atoms with Crippen molar-refractivity contribution in [2.24, 2.45) is 5.41 Å². The lowest BCUT2D eigenvalue weighted by molar-refractivity contribution is 0.0963. The van der Waals surface area contributed by atoms with Crippen molar-refractivity contribution in [2.75, 3.05) is 26.7 Å². The summed E-state index contributed by atoms with van der Waals surface area (Å²) in [6.07, 6.45) is 1.90. The first-order valence-electron chi connectivity index (χ1n) is 7.39. The van der Waals surface area contributed by atoms with Crippen molar-refractivity contribution in [3.8, 4) is 0 Å². The van der Waals surface area contributed by atoms with E-state index in [1.165, 1.54) is 31.3 Å². The number of amides is 1. The summed E-state index contributed by atoms with van der Waals surface area (Å²) in [5.74, 6) is -0.237. The lowest BCUT2D eigenvalue weighted by atomic mass is 9.81. The van der Waals surface area contributed by atoms with E-state index in [9.17, 15) is 13.2 Å².